The largest absolute Gasteiger partial charge is 0.433 e. The zero-order valence-corrected chi connectivity index (χ0v) is 10.0. The Kier molecular flexibility index (Phi) is 4.65. The van der Waals surface area contributed by atoms with Crippen molar-refractivity contribution in [3.8, 4) is 6.07 Å². The van der Waals surface area contributed by atoms with Crippen LogP contribution in [0.2, 0.25) is 0 Å². The van der Waals surface area contributed by atoms with Crippen LogP contribution in [0.15, 0.2) is 49.1 Å². The zero-order valence-electron chi connectivity index (χ0n) is 10.0. The molecule has 0 saturated carbocycles. The number of nitriles is 1. The number of alkyl halides is 3. The zero-order chi connectivity index (χ0) is 14.5. The molecular formula is C14H11F3N2. The van der Waals surface area contributed by atoms with E-state index in [-0.39, 0.29) is 17.7 Å². The molecule has 1 aromatic heterocycles. The summed E-state index contributed by atoms with van der Waals surface area (Å²) in [6.45, 7) is 7.06. The fourth-order valence-corrected chi connectivity index (χ4v) is 1.45. The number of halogens is 3. The molecule has 98 valence electrons. The summed E-state index contributed by atoms with van der Waals surface area (Å²) in [5, 5.41) is 8.75. The van der Waals surface area contributed by atoms with Gasteiger partial charge in [-0.1, -0.05) is 31.4 Å². The lowest BCUT2D eigenvalue weighted by Crippen LogP contribution is -2.10. The molecule has 1 rings (SSSR count). The minimum absolute atomic E-state index is 0.0701. The van der Waals surface area contributed by atoms with E-state index in [1.165, 1.54) is 18.2 Å². The number of nitrogens with zero attached hydrogens (tertiary/aromatic N) is 2. The number of allylic oxidation sites excluding steroid dienone is 4. The van der Waals surface area contributed by atoms with Gasteiger partial charge in [-0.05, 0) is 17.7 Å². The molecule has 0 N–H and O–H groups in total. The van der Waals surface area contributed by atoms with E-state index in [1.807, 2.05) is 0 Å². The molecule has 0 amide bonds. The Labute approximate surface area is 109 Å². The highest BCUT2D eigenvalue weighted by Gasteiger charge is 2.33. The van der Waals surface area contributed by atoms with Crippen LogP contribution < -0.4 is 0 Å². The monoisotopic (exact) mass is 264 g/mol. The molecule has 0 radical (unpaired) electrons. The van der Waals surface area contributed by atoms with Crippen LogP contribution in [-0.4, -0.2) is 4.98 Å². The summed E-state index contributed by atoms with van der Waals surface area (Å²) in [5.41, 5.74) is -0.298. The Balaban J connectivity index is 3.22. The summed E-state index contributed by atoms with van der Waals surface area (Å²) in [6, 6.07) is 3.76. The molecule has 19 heavy (non-hydrogen) atoms. The number of pyridine rings is 1. The van der Waals surface area contributed by atoms with Gasteiger partial charge in [0.1, 0.15) is 5.69 Å². The molecule has 0 atom stereocenters. The van der Waals surface area contributed by atoms with E-state index in [2.05, 4.69) is 18.1 Å². The van der Waals surface area contributed by atoms with E-state index < -0.39 is 11.9 Å². The number of aromatic nitrogens is 1. The van der Waals surface area contributed by atoms with Crippen molar-refractivity contribution in [1.29, 1.82) is 5.26 Å². The Bertz CT molecular complexity index is 563. The highest BCUT2D eigenvalue weighted by Crippen LogP contribution is 2.28. The summed E-state index contributed by atoms with van der Waals surface area (Å²) >= 11 is 0. The first-order valence-electron chi connectivity index (χ1n) is 5.33. The van der Waals surface area contributed by atoms with E-state index >= 15 is 0 Å². The highest BCUT2D eigenvalue weighted by atomic mass is 19.4. The summed E-state index contributed by atoms with van der Waals surface area (Å²) < 4.78 is 37.9. The van der Waals surface area contributed by atoms with E-state index in [0.29, 0.717) is 5.57 Å². The van der Waals surface area contributed by atoms with E-state index in [9.17, 15) is 13.2 Å². The number of hydrogen-bond donors (Lipinski definition) is 0. The molecule has 1 heterocycles. The number of hydrogen-bond acceptors (Lipinski definition) is 2. The van der Waals surface area contributed by atoms with Gasteiger partial charge in [0.25, 0.3) is 0 Å². The Hall–Kier alpha value is -2.35. The van der Waals surface area contributed by atoms with Crippen molar-refractivity contribution >= 4 is 0 Å². The smallest absolute Gasteiger partial charge is 0.248 e. The van der Waals surface area contributed by atoms with E-state index in [0.717, 1.165) is 6.07 Å². The first kappa shape index (κ1) is 14.7. The second-order valence-electron chi connectivity index (χ2n) is 3.70. The molecule has 2 nitrogen and oxygen atoms in total. The molecule has 0 aromatic carbocycles. The van der Waals surface area contributed by atoms with Gasteiger partial charge in [-0.3, -0.25) is 0 Å². The summed E-state index contributed by atoms with van der Waals surface area (Å²) in [5.74, 6) is 0. The molecular weight excluding hydrogens is 253 g/mol. The lowest BCUT2D eigenvalue weighted by atomic mass is 10.1. The molecule has 0 saturated heterocycles. The second-order valence-corrected chi connectivity index (χ2v) is 3.70. The minimum atomic E-state index is -4.57. The average molecular weight is 264 g/mol. The topological polar surface area (TPSA) is 36.7 Å². The standard InChI is InChI=1S/C14H11F3N2/c1-3-5-10(4-2)6-12-7-11(9-18)8-13(19-12)14(15,16)17/h3-5,7-8H,1-2,6H2/b10-5+. The van der Waals surface area contributed by atoms with Gasteiger partial charge in [0.2, 0.25) is 0 Å². The van der Waals surface area contributed by atoms with Crippen LogP contribution >= 0.6 is 0 Å². The Morgan fingerprint density at radius 2 is 2.05 bits per heavy atom. The highest BCUT2D eigenvalue weighted by molar-refractivity contribution is 5.36. The van der Waals surface area contributed by atoms with Crippen LogP contribution in [0.25, 0.3) is 0 Å². The van der Waals surface area contributed by atoms with Gasteiger partial charge in [0, 0.05) is 12.1 Å². The Morgan fingerprint density at radius 3 is 2.53 bits per heavy atom. The van der Waals surface area contributed by atoms with Crippen molar-refractivity contribution in [3.63, 3.8) is 0 Å². The molecule has 1 aromatic rings. The van der Waals surface area contributed by atoms with Crippen LogP contribution in [0.4, 0.5) is 13.2 Å². The van der Waals surface area contributed by atoms with Gasteiger partial charge < -0.3 is 0 Å². The third-order valence-corrected chi connectivity index (χ3v) is 2.28. The summed E-state index contributed by atoms with van der Waals surface area (Å²) in [6.07, 6.45) is 0.235. The predicted octanol–water partition coefficient (Wildman–Crippen LogP) is 3.81. The molecule has 0 aliphatic heterocycles. The molecule has 0 unspecified atom stereocenters. The van der Waals surface area contributed by atoms with Crippen molar-refractivity contribution in [3.05, 3.63) is 66.0 Å². The van der Waals surface area contributed by atoms with E-state index in [1.54, 1.807) is 12.1 Å². The van der Waals surface area contributed by atoms with E-state index in [4.69, 9.17) is 5.26 Å². The molecule has 0 bridgehead atoms. The number of rotatable bonds is 4. The quantitative estimate of drug-likeness (QED) is 0.775. The van der Waals surface area contributed by atoms with Crippen LogP contribution in [0.1, 0.15) is 17.0 Å². The van der Waals surface area contributed by atoms with Crippen LogP contribution in [0, 0.1) is 11.3 Å². The third-order valence-electron chi connectivity index (χ3n) is 2.28. The van der Waals surface area contributed by atoms with Crippen LogP contribution in [-0.2, 0) is 12.6 Å². The molecule has 0 spiro atoms. The SMILES string of the molecule is C=C/C=C(\C=C)Cc1cc(C#N)cc(C(F)(F)F)n1. The van der Waals surface area contributed by atoms with Crippen molar-refractivity contribution in [2.24, 2.45) is 0 Å². The maximum Gasteiger partial charge on any atom is 0.433 e. The first-order chi connectivity index (χ1) is 8.90. The predicted molar refractivity (Wildman–Crippen MR) is 66.1 cm³/mol. The van der Waals surface area contributed by atoms with Crippen molar-refractivity contribution in [1.82, 2.24) is 4.98 Å². The van der Waals surface area contributed by atoms with Crippen molar-refractivity contribution in [2.45, 2.75) is 12.6 Å². The maximum absolute atomic E-state index is 12.6. The average Bonchev–Trinajstić information content (AvgIpc) is 2.36. The lowest BCUT2D eigenvalue weighted by Gasteiger charge is -2.09. The van der Waals surface area contributed by atoms with Gasteiger partial charge in [0.15, 0.2) is 0 Å². The molecule has 0 aliphatic carbocycles. The molecule has 5 heteroatoms. The molecule has 0 aliphatic rings. The summed E-state index contributed by atoms with van der Waals surface area (Å²) in [7, 11) is 0. The normalized spacial score (nSPS) is 11.8. The third kappa shape index (κ3) is 4.11. The van der Waals surface area contributed by atoms with Crippen molar-refractivity contribution in [2.75, 3.05) is 0 Å². The second kappa shape index (κ2) is 6.01. The van der Waals surface area contributed by atoms with Gasteiger partial charge in [-0.25, -0.2) is 4.98 Å². The van der Waals surface area contributed by atoms with Crippen LogP contribution in [0.3, 0.4) is 0 Å². The van der Waals surface area contributed by atoms with Gasteiger partial charge >= 0.3 is 6.18 Å². The molecule has 0 fully saturated rings. The van der Waals surface area contributed by atoms with Crippen LogP contribution in [0.5, 0.6) is 0 Å². The Morgan fingerprint density at radius 1 is 1.37 bits per heavy atom. The lowest BCUT2D eigenvalue weighted by molar-refractivity contribution is -0.141. The van der Waals surface area contributed by atoms with Gasteiger partial charge in [-0.2, -0.15) is 18.4 Å². The summed E-state index contributed by atoms with van der Waals surface area (Å²) in [4.78, 5) is 3.52. The van der Waals surface area contributed by atoms with Gasteiger partial charge in [-0.15, -0.1) is 0 Å². The fourth-order valence-electron chi connectivity index (χ4n) is 1.45. The van der Waals surface area contributed by atoms with Gasteiger partial charge in [0.05, 0.1) is 11.6 Å². The fraction of sp³-hybridized carbons (Fsp3) is 0.143. The minimum Gasteiger partial charge on any atom is -0.248 e. The van der Waals surface area contributed by atoms with Crippen molar-refractivity contribution < 1.29 is 13.2 Å². The first-order valence-corrected chi connectivity index (χ1v) is 5.33. The maximum atomic E-state index is 12.6.